The Kier molecular flexibility index (Phi) is 3.28. The second-order valence-corrected chi connectivity index (χ2v) is 4.40. The molecule has 0 spiro atoms. The van der Waals surface area contributed by atoms with E-state index in [1.165, 1.54) is 0 Å². The van der Waals surface area contributed by atoms with Gasteiger partial charge in [0.25, 0.3) is 0 Å². The monoisotopic (exact) mass is 253 g/mol. The van der Waals surface area contributed by atoms with Crippen molar-refractivity contribution in [2.45, 2.75) is 19.4 Å². The van der Waals surface area contributed by atoms with Crippen molar-refractivity contribution in [1.29, 1.82) is 0 Å². The first-order valence-corrected chi connectivity index (χ1v) is 5.68. The van der Waals surface area contributed by atoms with Crippen molar-refractivity contribution in [2.75, 3.05) is 0 Å². The fourth-order valence-electron chi connectivity index (χ4n) is 1.29. The molecule has 90 valence electrons. The lowest BCUT2D eigenvalue weighted by atomic mass is 10.2. The van der Waals surface area contributed by atoms with E-state index in [1.807, 2.05) is 19.9 Å². The molecule has 0 saturated carbocycles. The van der Waals surface area contributed by atoms with Crippen LogP contribution in [-0.4, -0.2) is 26.7 Å². The number of rotatable bonds is 2. The first kappa shape index (κ1) is 11.9. The maximum absolute atomic E-state index is 11.8. The molecule has 1 atom stereocenters. The van der Waals surface area contributed by atoms with Gasteiger partial charge in [-0.1, -0.05) is 42.8 Å². The summed E-state index contributed by atoms with van der Waals surface area (Å²) in [5.41, 5.74) is 0.565. The molecule has 0 aliphatic heterocycles. The number of hydrogen-bond donors (Lipinski definition) is 0. The van der Waals surface area contributed by atoms with E-state index in [-0.39, 0.29) is 5.92 Å². The highest BCUT2D eigenvalue weighted by Crippen LogP contribution is 2.14. The average molecular weight is 254 g/mol. The predicted octanol–water partition coefficient (Wildman–Crippen LogP) is 2.64. The number of aromatic nitrogens is 3. The van der Waals surface area contributed by atoms with Gasteiger partial charge in [0.15, 0.2) is 5.56 Å². The molecule has 2 aromatic rings. The standard InChI is InChI=1S/C11H12ClN3O2/c1-7(2)10(12)17-11(16)15-9-6-4-3-5-8(9)13-14-15/h3-7,10H,1-2H3. The Hall–Kier alpha value is -1.62. The molecule has 0 amide bonds. The fraction of sp³-hybridized carbons (Fsp3) is 0.364. The van der Waals surface area contributed by atoms with E-state index in [9.17, 15) is 4.79 Å². The van der Waals surface area contributed by atoms with Gasteiger partial charge in [-0.25, -0.2) is 4.79 Å². The van der Waals surface area contributed by atoms with Crippen molar-refractivity contribution in [3.8, 4) is 0 Å². The van der Waals surface area contributed by atoms with Crippen molar-refractivity contribution < 1.29 is 9.53 Å². The van der Waals surface area contributed by atoms with E-state index in [0.717, 1.165) is 4.68 Å². The Morgan fingerprint density at radius 1 is 1.41 bits per heavy atom. The summed E-state index contributed by atoms with van der Waals surface area (Å²) in [6.07, 6.45) is -0.618. The van der Waals surface area contributed by atoms with Crippen LogP contribution in [0.5, 0.6) is 0 Å². The molecule has 2 rings (SSSR count). The lowest BCUT2D eigenvalue weighted by Gasteiger charge is -2.13. The molecule has 6 heteroatoms. The van der Waals surface area contributed by atoms with Gasteiger partial charge in [0.2, 0.25) is 0 Å². The molecule has 1 aromatic heterocycles. The minimum Gasteiger partial charge on any atom is -0.428 e. The quantitative estimate of drug-likeness (QED) is 0.772. The molecule has 1 heterocycles. The zero-order valence-corrected chi connectivity index (χ0v) is 10.3. The van der Waals surface area contributed by atoms with E-state index in [1.54, 1.807) is 18.2 Å². The van der Waals surface area contributed by atoms with Crippen LogP contribution in [0.15, 0.2) is 24.3 Å². The zero-order chi connectivity index (χ0) is 12.4. The lowest BCUT2D eigenvalue weighted by Crippen LogP contribution is -2.23. The SMILES string of the molecule is CC(C)C(Cl)OC(=O)n1nnc2ccccc21. The van der Waals surface area contributed by atoms with Crippen molar-refractivity contribution in [3.05, 3.63) is 24.3 Å². The zero-order valence-electron chi connectivity index (χ0n) is 9.50. The first-order valence-electron chi connectivity index (χ1n) is 5.25. The van der Waals surface area contributed by atoms with Gasteiger partial charge in [-0.05, 0) is 12.1 Å². The minimum atomic E-state index is -0.675. The summed E-state index contributed by atoms with van der Waals surface area (Å²) in [5, 5.41) is 7.60. The van der Waals surface area contributed by atoms with Crippen molar-refractivity contribution in [1.82, 2.24) is 15.0 Å². The molecule has 0 fully saturated rings. The summed E-state index contributed by atoms with van der Waals surface area (Å²) in [6, 6.07) is 7.14. The Balaban J connectivity index is 2.25. The van der Waals surface area contributed by atoms with Gasteiger partial charge in [0.05, 0.1) is 0 Å². The summed E-state index contributed by atoms with van der Waals surface area (Å²) in [5.74, 6) is 0.0374. The normalized spacial score (nSPS) is 12.9. The molecule has 1 unspecified atom stereocenters. The Morgan fingerprint density at radius 2 is 2.12 bits per heavy atom. The lowest BCUT2D eigenvalue weighted by molar-refractivity contribution is 0.113. The van der Waals surface area contributed by atoms with E-state index >= 15 is 0 Å². The number of nitrogens with zero attached hydrogens (tertiary/aromatic N) is 3. The third-order valence-electron chi connectivity index (χ3n) is 2.26. The van der Waals surface area contributed by atoms with Crippen LogP contribution in [0.25, 0.3) is 11.0 Å². The molecular weight excluding hydrogens is 242 g/mol. The Labute approximate surface area is 103 Å². The fourth-order valence-corrected chi connectivity index (χ4v) is 1.36. The number of carbonyl (C=O) groups excluding carboxylic acids is 1. The molecule has 0 bridgehead atoms. The summed E-state index contributed by atoms with van der Waals surface area (Å²) in [4.78, 5) is 11.8. The van der Waals surface area contributed by atoms with Crippen LogP contribution in [0.1, 0.15) is 13.8 Å². The second kappa shape index (κ2) is 4.71. The maximum Gasteiger partial charge on any atom is 0.438 e. The van der Waals surface area contributed by atoms with Gasteiger partial charge < -0.3 is 4.74 Å². The second-order valence-electron chi connectivity index (χ2n) is 3.97. The Morgan fingerprint density at radius 3 is 2.82 bits per heavy atom. The topological polar surface area (TPSA) is 57.0 Å². The van der Waals surface area contributed by atoms with Crippen LogP contribution >= 0.6 is 11.6 Å². The smallest absolute Gasteiger partial charge is 0.428 e. The summed E-state index contributed by atoms with van der Waals surface area (Å²) in [6.45, 7) is 3.73. The predicted molar refractivity (Wildman–Crippen MR) is 63.9 cm³/mol. The summed E-state index contributed by atoms with van der Waals surface area (Å²) >= 11 is 5.87. The van der Waals surface area contributed by atoms with E-state index < -0.39 is 11.7 Å². The maximum atomic E-state index is 11.8. The van der Waals surface area contributed by atoms with Crippen LogP contribution in [0.4, 0.5) is 4.79 Å². The molecule has 0 N–H and O–H groups in total. The van der Waals surface area contributed by atoms with Gasteiger partial charge in [0, 0.05) is 5.92 Å². The molecule has 0 saturated heterocycles. The number of carbonyl (C=O) groups is 1. The third kappa shape index (κ3) is 2.39. The van der Waals surface area contributed by atoms with E-state index in [0.29, 0.717) is 11.0 Å². The third-order valence-corrected chi connectivity index (χ3v) is 2.86. The molecule has 0 aliphatic carbocycles. The number of hydrogen-bond acceptors (Lipinski definition) is 4. The number of alkyl halides is 1. The number of fused-ring (bicyclic) bond motifs is 1. The molecular formula is C11H12ClN3O2. The first-order chi connectivity index (χ1) is 8.09. The van der Waals surface area contributed by atoms with Crippen LogP contribution in [0.3, 0.4) is 0 Å². The molecule has 17 heavy (non-hydrogen) atoms. The molecule has 0 aliphatic rings. The highest BCUT2D eigenvalue weighted by Gasteiger charge is 2.19. The number of ether oxygens (including phenoxy) is 1. The van der Waals surface area contributed by atoms with Crippen LogP contribution < -0.4 is 0 Å². The van der Waals surface area contributed by atoms with Gasteiger partial charge in [0.1, 0.15) is 11.0 Å². The molecule has 0 radical (unpaired) electrons. The largest absolute Gasteiger partial charge is 0.438 e. The van der Waals surface area contributed by atoms with Crippen LogP contribution in [0.2, 0.25) is 0 Å². The Bertz CT molecular complexity index is 538. The van der Waals surface area contributed by atoms with Gasteiger partial charge in [-0.2, -0.15) is 0 Å². The van der Waals surface area contributed by atoms with Gasteiger partial charge >= 0.3 is 6.09 Å². The molecule has 5 nitrogen and oxygen atoms in total. The summed E-state index contributed by atoms with van der Waals surface area (Å²) in [7, 11) is 0. The van der Waals surface area contributed by atoms with Crippen molar-refractivity contribution in [2.24, 2.45) is 5.92 Å². The van der Waals surface area contributed by atoms with Crippen LogP contribution in [-0.2, 0) is 4.74 Å². The van der Waals surface area contributed by atoms with E-state index in [2.05, 4.69) is 10.3 Å². The number of para-hydroxylation sites is 1. The molecule has 1 aromatic carbocycles. The number of halogens is 1. The minimum absolute atomic E-state index is 0.0374. The van der Waals surface area contributed by atoms with Gasteiger partial charge in [-0.15, -0.1) is 9.78 Å². The average Bonchev–Trinajstić information content (AvgIpc) is 2.72. The number of benzene rings is 1. The van der Waals surface area contributed by atoms with E-state index in [4.69, 9.17) is 16.3 Å². The van der Waals surface area contributed by atoms with Crippen molar-refractivity contribution in [3.63, 3.8) is 0 Å². The van der Waals surface area contributed by atoms with Crippen molar-refractivity contribution >= 4 is 28.7 Å². The highest BCUT2D eigenvalue weighted by molar-refractivity contribution is 6.20. The highest BCUT2D eigenvalue weighted by atomic mass is 35.5. The summed E-state index contributed by atoms with van der Waals surface area (Å²) < 4.78 is 6.16. The van der Waals surface area contributed by atoms with Gasteiger partial charge in [-0.3, -0.25) is 0 Å². The van der Waals surface area contributed by atoms with Crippen LogP contribution in [0, 0.1) is 5.92 Å².